The molecule has 1 fully saturated rings. The highest BCUT2D eigenvalue weighted by Crippen LogP contribution is 2.20. The van der Waals surface area contributed by atoms with Gasteiger partial charge in [-0.3, -0.25) is 9.69 Å². The van der Waals surface area contributed by atoms with Crippen molar-refractivity contribution < 1.29 is 4.79 Å². The zero-order valence-electron chi connectivity index (χ0n) is 11.9. The third-order valence-electron chi connectivity index (χ3n) is 3.82. The second-order valence-electron chi connectivity index (χ2n) is 5.29. The second-order valence-corrected chi connectivity index (χ2v) is 5.70. The maximum atomic E-state index is 11.1. The second kappa shape index (κ2) is 7.07. The Morgan fingerprint density at radius 1 is 1.55 bits per heavy atom. The van der Waals surface area contributed by atoms with Crippen molar-refractivity contribution in [3.8, 4) is 0 Å². The lowest BCUT2D eigenvalue weighted by atomic mass is 10.1. The Morgan fingerprint density at radius 3 is 2.90 bits per heavy atom. The summed E-state index contributed by atoms with van der Waals surface area (Å²) in [6.45, 7) is 6.08. The van der Waals surface area contributed by atoms with Gasteiger partial charge in [-0.05, 0) is 43.6 Å². The summed E-state index contributed by atoms with van der Waals surface area (Å²) < 4.78 is 0. The highest BCUT2D eigenvalue weighted by atomic mass is 35.5. The number of amides is 1. The molecule has 1 aliphatic heterocycles. The molecule has 0 spiro atoms. The van der Waals surface area contributed by atoms with Crippen LogP contribution >= 0.6 is 11.6 Å². The average molecular weight is 296 g/mol. The van der Waals surface area contributed by atoms with Crippen molar-refractivity contribution in [2.24, 2.45) is 5.73 Å². The molecule has 0 radical (unpaired) electrons. The molecule has 0 bridgehead atoms. The number of primary amides is 1. The Labute approximate surface area is 125 Å². The molecule has 0 aliphatic carbocycles. The van der Waals surface area contributed by atoms with Gasteiger partial charge in [0.15, 0.2) is 0 Å². The highest BCUT2D eigenvalue weighted by molar-refractivity contribution is 6.31. The molecular weight excluding hydrogens is 274 g/mol. The van der Waals surface area contributed by atoms with E-state index in [0.29, 0.717) is 16.6 Å². The Morgan fingerprint density at radius 2 is 2.35 bits per heavy atom. The maximum Gasteiger partial charge on any atom is 0.248 e. The molecule has 0 aromatic heterocycles. The van der Waals surface area contributed by atoms with Gasteiger partial charge in [0.25, 0.3) is 0 Å². The monoisotopic (exact) mass is 295 g/mol. The lowest BCUT2D eigenvalue weighted by Crippen LogP contribution is -2.37. The van der Waals surface area contributed by atoms with Gasteiger partial charge in [0.2, 0.25) is 5.91 Å². The van der Waals surface area contributed by atoms with Crippen LogP contribution in [0.15, 0.2) is 18.2 Å². The number of carbonyl (C=O) groups is 1. The summed E-state index contributed by atoms with van der Waals surface area (Å²) in [5.74, 6) is -0.444. The molecule has 1 amide bonds. The van der Waals surface area contributed by atoms with Crippen LogP contribution in [-0.2, 0) is 6.54 Å². The van der Waals surface area contributed by atoms with E-state index in [1.807, 2.05) is 6.07 Å². The van der Waals surface area contributed by atoms with E-state index >= 15 is 0 Å². The normalized spacial score (nSPS) is 18.6. The minimum Gasteiger partial charge on any atom is -0.366 e. The summed E-state index contributed by atoms with van der Waals surface area (Å²) in [5, 5.41) is 4.12. The van der Waals surface area contributed by atoms with Crippen molar-refractivity contribution in [2.75, 3.05) is 19.6 Å². The molecule has 1 aromatic rings. The molecule has 1 aromatic carbocycles. The van der Waals surface area contributed by atoms with Crippen LogP contribution < -0.4 is 11.1 Å². The fourth-order valence-corrected chi connectivity index (χ4v) is 2.84. The van der Waals surface area contributed by atoms with Gasteiger partial charge >= 0.3 is 0 Å². The Balaban J connectivity index is 2.01. The third-order valence-corrected chi connectivity index (χ3v) is 4.17. The van der Waals surface area contributed by atoms with Crippen molar-refractivity contribution in [3.05, 3.63) is 34.3 Å². The number of carbonyl (C=O) groups excluding carboxylic acids is 1. The molecule has 1 aliphatic rings. The average Bonchev–Trinajstić information content (AvgIpc) is 2.92. The van der Waals surface area contributed by atoms with E-state index in [1.54, 1.807) is 12.1 Å². The van der Waals surface area contributed by atoms with Gasteiger partial charge in [0.05, 0.1) is 0 Å². The number of benzene rings is 1. The summed E-state index contributed by atoms with van der Waals surface area (Å²) in [6.07, 6.45) is 2.50. The van der Waals surface area contributed by atoms with Gasteiger partial charge in [-0.25, -0.2) is 0 Å². The van der Waals surface area contributed by atoms with Gasteiger partial charge in [-0.15, -0.1) is 0 Å². The number of hydrogen-bond acceptors (Lipinski definition) is 3. The highest BCUT2D eigenvalue weighted by Gasteiger charge is 2.18. The third kappa shape index (κ3) is 3.95. The molecular formula is C15H22ClN3O. The van der Waals surface area contributed by atoms with Crippen LogP contribution in [0.25, 0.3) is 0 Å². The number of rotatable bonds is 6. The van der Waals surface area contributed by atoms with Gasteiger partial charge in [-0.2, -0.15) is 0 Å². The fraction of sp³-hybridized carbons (Fsp3) is 0.533. The summed E-state index contributed by atoms with van der Waals surface area (Å²) in [7, 11) is 0. The van der Waals surface area contributed by atoms with Gasteiger partial charge in [-0.1, -0.05) is 24.6 Å². The zero-order valence-corrected chi connectivity index (χ0v) is 12.6. The Kier molecular flexibility index (Phi) is 5.40. The van der Waals surface area contributed by atoms with Crippen LogP contribution in [0.4, 0.5) is 0 Å². The quantitative estimate of drug-likeness (QED) is 0.844. The van der Waals surface area contributed by atoms with Crippen molar-refractivity contribution >= 4 is 17.5 Å². The molecule has 2 rings (SSSR count). The number of nitrogens with one attached hydrogen (secondary N) is 1. The first-order valence-corrected chi connectivity index (χ1v) is 7.52. The van der Waals surface area contributed by atoms with Crippen molar-refractivity contribution in [1.82, 2.24) is 10.2 Å². The fourth-order valence-electron chi connectivity index (χ4n) is 2.60. The van der Waals surface area contributed by atoms with E-state index in [-0.39, 0.29) is 0 Å². The van der Waals surface area contributed by atoms with Gasteiger partial charge < -0.3 is 11.1 Å². The minimum atomic E-state index is -0.444. The number of likely N-dealkylation sites (N-methyl/N-ethyl adjacent to an activating group) is 1. The molecule has 5 heteroatoms. The first kappa shape index (κ1) is 15.3. The molecule has 3 N–H and O–H groups in total. The van der Waals surface area contributed by atoms with Crippen molar-refractivity contribution in [3.63, 3.8) is 0 Å². The van der Waals surface area contributed by atoms with E-state index in [2.05, 4.69) is 17.1 Å². The van der Waals surface area contributed by atoms with Crippen LogP contribution in [-0.4, -0.2) is 36.5 Å². The zero-order chi connectivity index (χ0) is 14.5. The minimum absolute atomic E-state index is 0.444. The topological polar surface area (TPSA) is 58.4 Å². The van der Waals surface area contributed by atoms with E-state index in [4.69, 9.17) is 17.3 Å². The molecule has 1 saturated heterocycles. The van der Waals surface area contributed by atoms with E-state index < -0.39 is 5.91 Å². The predicted octanol–water partition coefficient (Wildman–Crippen LogP) is 2.01. The van der Waals surface area contributed by atoms with Crippen LogP contribution in [0.3, 0.4) is 0 Å². The summed E-state index contributed by atoms with van der Waals surface area (Å²) >= 11 is 6.24. The van der Waals surface area contributed by atoms with E-state index in [1.165, 1.54) is 12.8 Å². The molecule has 110 valence electrons. The number of nitrogens with two attached hydrogens (primary N) is 1. The first-order chi connectivity index (χ1) is 9.60. The summed E-state index contributed by atoms with van der Waals surface area (Å²) in [5.41, 5.74) is 6.75. The summed E-state index contributed by atoms with van der Waals surface area (Å²) in [6, 6.07) is 5.87. The van der Waals surface area contributed by atoms with Crippen LogP contribution in [0.1, 0.15) is 35.7 Å². The smallest absolute Gasteiger partial charge is 0.248 e. The maximum absolute atomic E-state index is 11.1. The number of nitrogens with zero attached hydrogens (tertiary/aromatic N) is 1. The molecule has 1 heterocycles. The first-order valence-electron chi connectivity index (χ1n) is 7.14. The number of halogens is 1. The summed E-state index contributed by atoms with van der Waals surface area (Å²) in [4.78, 5) is 13.5. The predicted molar refractivity (Wildman–Crippen MR) is 81.9 cm³/mol. The van der Waals surface area contributed by atoms with Gasteiger partial charge in [0.1, 0.15) is 0 Å². The van der Waals surface area contributed by atoms with E-state index in [9.17, 15) is 4.79 Å². The lowest BCUT2D eigenvalue weighted by Gasteiger charge is -2.24. The SMILES string of the molecule is CCN(Cc1ccc(C(N)=O)cc1Cl)CC1CCCN1. The van der Waals surface area contributed by atoms with Crippen LogP contribution in [0, 0.1) is 0 Å². The largest absolute Gasteiger partial charge is 0.366 e. The van der Waals surface area contributed by atoms with Crippen molar-refractivity contribution in [1.29, 1.82) is 0 Å². The lowest BCUT2D eigenvalue weighted by molar-refractivity contribution is 0.100. The molecule has 1 atom stereocenters. The van der Waals surface area contributed by atoms with Crippen molar-refractivity contribution in [2.45, 2.75) is 32.4 Å². The Bertz CT molecular complexity index is 472. The van der Waals surface area contributed by atoms with Gasteiger partial charge in [0, 0.05) is 29.7 Å². The molecule has 1 unspecified atom stereocenters. The Hall–Kier alpha value is -1.10. The van der Waals surface area contributed by atoms with Crippen LogP contribution in [0.5, 0.6) is 0 Å². The molecule has 0 saturated carbocycles. The number of hydrogen-bond donors (Lipinski definition) is 2. The van der Waals surface area contributed by atoms with E-state index in [0.717, 1.165) is 31.7 Å². The molecule has 4 nitrogen and oxygen atoms in total. The van der Waals surface area contributed by atoms with Crippen LogP contribution in [0.2, 0.25) is 5.02 Å². The molecule has 20 heavy (non-hydrogen) atoms. The standard InChI is InChI=1S/C15H22ClN3O/c1-2-19(10-13-4-3-7-18-13)9-12-6-5-11(15(17)20)8-14(12)16/h5-6,8,13,18H,2-4,7,9-10H2,1H3,(H2,17,20).